The van der Waals surface area contributed by atoms with Gasteiger partial charge in [0.2, 0.25) is 11.8 Å². The van der Waals surface area contributed by atoms with Crippen LogP contribution in [0.1, 0.15) is 17.9 Å². The average Bonchev–Trinajstić information content (AvgIpc) is 3.05. The van der Waals surface area contributed by atoms with Crippen molar-refractivity contribution in [3.8, 4) is 11.5 Å². The summed E-state index contributed by atoms with van der Waals surface area (Å²) in [6, 6.07) is 17.8. The lowest BCUT2D eigenvalue weighted by atomic mass is 10.1. The summed E-state index contributed by atoms with van der Waals surface area (Å²) in [7, 11) is 0. The number of hydrogen-bond donors (Lipinski definition) is 1. The number of aromatic nitrogens is 2. The van der Waals surface area contributed by atoms with E-state index in [1.807, 2.05) is 30.3 Å². The fraction of sp³-hybridized carbons (Fsp3) is 0.222. The van der Waals surface area contributed by atoms with Gasteiger partial charge in [0, 0.05) is 10.6 Å². The molecule has 0 aliphatic rings. The standard InChI is InChI=1S/C18H18ClN3O/c19-16-10-8-15(9-11-16)18-22-21-17(23-18)13-20-12-4-7-14-5-2-1-3-6-14/h1-3,5-6,8-11,20H,4,7,12-13H2. The second kappa shape index (κ2) is 7.90. The van der Waals surface area contributed by atoms with Gasteiger partial charge >= 0.3 is 0 Å². The molecule has 0 bridgehead atoms. The van der Waals surface area contributed by atoms with Crippen LogP contribution in [0.5, 0.6) is 0 Å². The van der Waals surface area contributed by atoms with Gasteiger partial charge in [-0.2, -0.15) is 0 Å². The van der Waals surface area contributed by atoms with E-state index in [0.29, 0.717) is 23.3 Å². The second-order valence-electron chi connectivity index (χ2n) is 5.27. The van der Waals surface area contributed by atoms with Gasteiger partial charge in [0.15, 0.2) is 0 Å². The quantitative estimate of drug-likeness (QED) is 0.663. The van der Waals surface area contributed by atoms with Crippen LogP contribution in [0.15, 0.2) is 59.0 Å². The van der Waals surface area contributed by atoms with Crippen molar-refractivity contribution < 1.29 is 4.42 Å². The summed E-state index contributed by atoms with van der Waals surface area (Å²) in [4.78, 5) is 0. The van der Waals surface area contributed by atoms with Gasteiger partial charge < -0.3 is 9.73 Å². The minimum atomic E-state index is 0.516. The molecule has 1 heterocycles. The molecule has 0 saturated carbocycles. The summed E-state index contributed by atoms with van der Waals surface area (Å²) >= 11 is 5.87. The van der Waals surface area contributed by atoms with Crippen molar-refractivity contribution >= 4 is 11.6 Å². The van der Waals surface area contributed by atoms with Crippen LogP contribution >= 0.6 is 11.6 Å². The first kappa shape index (κ1) is 15.7. The van der Waals surface area contributed by atoms with Crippen molar-refractivity contribution in [2.45, 2.75) is 19.4 Å². The van der Waals surface area contributed by atoms with Crippen LogP contribution in [0.25, 0.3) is 11.5 Å². The van der Waals surface area contributed by atoms with Crippen molar-refractivity contribution in [3.05, 3.63) is 71.1 Å². The Bertz CT molecular complexity index is 726. The molecule has 0 aliphatic heterocycles. The largest absolute Gasteiger partial charge is 0.419 e. The molecule has 0 atom stereocenters. The summed E-state index contributed by atoms with van der Waals surface area (Å²) in [6.07, 6.45) is 2.13. The predicted molar refractivity (Wildman–Crippen MR) is 91.2 cm³/mol. The Labute approximate surface area is 140 Å². The zero-order valence-electron chi connectivity index (χ0n) is 12.7. The maximum absolute atomic E-state index is 5.87. The third-order valence-corrected chi connectivity index (χ3v) is 3.75. The van der Waals surface area contributed by atoms with Crippen LogP contribution < -0.4 is 5.32 Å². The van der Waals surface area contributed by atoms with Crippen molar-refractivity contribution in [3.63, 3.8) is 0 Å². The fourth-order valence-corrected chi connectivity index (χ4v) is 2.42. The van der Waals surface area contributed by atoms with E-state index in [-0.39, 0.29) is 0 Å². The number of benzene rings is 2. The topological polar surface area (TPSA) is 51.0 Å². The van der Waals surface area contributed by atoms with E-state index >= 15 is 0 Å². The Morgan fingerprint density at radius 1 is 0.957 bits per heavy atom. The van der Waals surface area contributed by atoms with E-state index in [4.69, 9.17) is 16.0 Å². The van der Waals surface area contributed by atoms with Gasteiger partial charge in [-0.25, -0.2) is 0 Å². The Morgan fingerprint density at radius 3 is 2.52 bits per heavy atom. The highest BCUT2D eigenvalue weighted by Crippen LogP contribution is 2.20. The average molecular weight is 328 g/mol. The summed E-state index contributed by atoms with van der Waals surface area (Å²) in [6.45, 7) is 1.49. The molecule has 0 amide bonds. The molecule has 0 radical (unpaired) electrons. The Hall–Kier alpha value is -2.17. The van der Waals surface area contributed by atoms with Gasteiger partial charge in [-0.15, -0.1) is 10.2 Å². The van der Waals surface area contributed by atoms with Gasteiger partial charge in [0.25, 0.3) is 0 Å². The minimum absolute atomic E-state index is 0.516. The van der Waals surface area contributed by atoms with E-state index in [2.05, 4.69) is 39.8 Å². The number of halogens is 1. The van der Waals surface area contributed by atoms with Crippen molar-refractivity contribution in [2.75, 3.05) is 6.54 Å². The SMILES string of the molecule is Clc1ccc(-c2nnc(CNCCCc3ccccc3)o2)cc1. The molecule has 2 aromatic carbocycles. The van der Waals surface area contributed by atoms with Gasteiger partial charge in [0.05, 0.1) is 6.54 Å². The maximum atomic E-state index is 5.87. The van der Waals surface area contributed by atoms with Gasteiger partial charge in [-0.1, -0.05) is 41.9 Å². The number of nitrogens with zero attached hydrogens (tertiary/aromatic N) is 2. The third-order valence-electron chi connectivity index (χ3n) is 3.50. The molecule has 3 rings (SSSR count). The Balaban J connectivity index is 1.43. The van der Waals surface area contributed by atoms with Gasteiger partial charge in [0.1, 0.15) is 0 Å². The summed E-state index contributed by atoms with van der Waals surface area (Å²) in [5.74, 6) is 1.11. The molecule has 4 nitrogen and oxygen atoms in total. The molecular weight excluding hydrogens is 310 g/mol. The maximum Gasteiger partial charge on any atom is 0.247 e. The van der Waals surface area contributed by atoms with Crippen LogP contribution in [0.3, 0.4) is 0 Å². The van der Waals surface area contributed by atoms with Crippen LogP contribution in [0, 0.1) is 0 Å². The van der Waals surface area contributed by atoms with E-state index in [1.165, 1.54) is 5.56 Å². The Morgan fingerprint density at radius 2 is 1.74 bits per heavy atom. The number of rotatable bonds is 7. The third kappa shape index (κ3) is 4.65. The van der Waals surface area contributed by atoms with Crippen molar-refractivity contribution in [1.29, 1.82) is 0 Å². The predicted octanol–water partition coefficient (Wildman–Crippen LogP) is 4.11. The molecular formula is C18H18ClN3O. The lowest BCUT2D eigenvalue weighted by Crippen LogP contribution is -2.15. The summed E-state index contributed by atoms with van der Waals surface area (Å²) < 4.78 is 5.65. The lowest BCUT2D eigenvalue weighted by Gasteiger charge is -2.02. The van der Waals surface area contributed by atoms with Gasteiger partial charge in [-0.05, 0) is 49.2 Å². The summed E-state index contributed by atoms with van der Waals surface area (Å²) in [5, 5.41) is 12.1. The lowest BCUT2D eigenvalue weighted by molar-refractivity contribution is 0.475. The second-order valence-corrected chi connectivity index (χ2v) is 5.71. The van der Waals surface area contributed by atoms with E-state index in [0.717, 1.165) is 24.9 Å². The molecule has 5 heteroatoms. The van der Waals surface area contributed by atoms with E-state index in [9.17, 15) is 0 Å². The first-order valence-electron chi connectivity index (χ1n) is 7.64. The van der Waals surface area contributed by atoms with Crippen LogP contribution in [0.4, 0.5) is 0 Å². The molecule has 0 fully saturated rings. The first-order valence-corrected chi connectivity index (χ1v) is 8.02. The zero-order valence-corrected chi connectivity index (χ0v) is 13.5. The van der Waals surface area contributed by atoms with Crippen LogP contribution in [-0.2, 0) is 13.0 Å². The molecule has 0 saturated heterocycles. The fourth-order valence-electron chi connectivity index (χ4n) is 2.29. The van der Waals surface area contributed by atoms with Crippen molar-refractivity contribution in [2.24, 2.45) is 0 Å². The molecule has 0 aliphatic carbocycles. The molecule has 23 heavy (non-hydrogen) atoms. The summed E-state index contributed by atoms with van der Waals surface area (Å²) in [5.41, 5.74) is 2.23. The van der Waals surface area contributed by atoms with E-state index < -0.39 is 0 Å². The molecule has 1 N–H and O–H groups in total. The van der Waals surface area contributed by atoms with Crippen molar-refractivity contribution in [1.82, 2.24) is 15.5 Å². The normalized spacial score (nSPS) is 10.8. The molecule has 1 aromatic heterocycles. The van der Waals surface area contributed by atoms with Crippen LogP contribution in [0.2, 0.25) is 5.02 Å². The number of hydrogen-bond acceptors (Lipinski definition) is 4. The van der Waals surface area contributed by atoms with Crippen LogP contribution in [-0.4, -0.2) is 16.7 Å². The highest BCUT2D eigenvalue weighted by atomic mass is 35.5. The van der Waals surface area contributed by atoms with E-state index in [1.54, 1.807) is 0 Å². The number of aryl methyl sites for hydroxylation is 1. The first-order chi connectivity index (χ1) is 11.3. The highest BCUT2D eigenvalue weighted by Gasteiger charge is 2.07. The smallest absolute Gasteiger partial charge is 0.247 e. The molecule has 3 aromatic rings. The highest BCUT2D eigenvalue weighted by molar-refractivity contribution is 6.30. The zero-order chi connectivity index (χ0) is 15.9. The minimum Gasteiger partial charge on any atom is -0.419 e. The monoisotopic (exact) mass is 327 g/mol. The Kier molecular flexibility index (Phi) is 5.40. The van der Waals surface area contributed by atoms with Gasteiger partial charge in [-0.3, -0.25) is 0 Å². The molecule has 0 spiro atoms. The molecule has 118 valence electrons. The number of nitrogens with one attached hydrogen (secondary N) is 1. The molecule has 0 unspecified atom stereocenters.